The van der Waals surface area contributed by atoms with Crippen LogP contribution in [0.15, 0.2) is 46.2 Å². The molecule has 0 amide bonds. The standard InChI is InChI=1S/C19H15F2N5O2/c1-11-5-12(13-7-19(21,27-2)10-22-8-13)6-16(24-11)17-25-18(28-26-17)15-4-3-14(20)9-23-15/h3-6,8-10H,7H2,1-2H3. The number of pyridine rings is 2. The van der Waals surface area contributed by atoms with Gasteiger partial charge < -0.3 is 9.26 Å². The van der Waals surface area contributed by atoms with Gasteiger partial charge in [0.15, 0.2) is 0 Å². The summed E-state index contributed by atoms with van der Waals surface area (Å²) in [6, 6.07) is 6.24. The first kappa shape index (κ1) is 18.1. The van der Waals surface area contributed by atoms with Gasteiger partial charge in [0.2, 0.25) is 11.7 Å². The molecule has 1 atom stereocenters. The van der Waals surface area contributed by atoms with Crippen molar-refractivity contribution in [2.45, 2.75) is 19.2 Å². The summed E-state index contributed by atoms with van der Waals surface area (Å²) in [4.78, 5) is 16.6. The van der Waals surface area contributed by atoms with Gasteiger partial charge in [0.05, 0.1) is 12.4 Å². The first-order valence-electron chi connectivity index (χ1n) is 8.38. The molecule has 0 N–H and O–H groups in total. The van der Waals surface area contributed by atoms with Gasteiger partial charge in [0.1, 0.15) is 17.2 Å². The Morgan fingerprint density at radius 2 is 2.04 bits per heavy atom. The van der Waals surface area contributed by atoms with E-state index in [0.717, 1.165) is 18.0 Å². The van der Waals surface area contributed by atoms with E-state index < -0.39 is 11.7 Å². The molecule has 4 heterocycles. The maximum absolute atomic E-state index is 14.5. The van der Waals surface area contributed by atoms with Crippen LogP contribution in [0.3, 0.4) is 0 Å². The summed E-state index contributed by atoms with van der Waals surface area (Å²) in [6.45, 7) is 1.81. The van der Waals surface area contributed by atoms with E-state index in [1.54, 1.807) is 19.2 Å². The number of methoxy groups -OCH3 is 1. The lowest BCUT2D eigenvalue weighted by Crippen LogP contribution is -2.29. The van der Waals surface area contributed by atoms with Crippen molar-refractivity contribution in [3.8, 4) is 23.1 Å². The number of alkyl halides is 1. The summed E-state index contributed by atoms with van der Waals surface area (Å²) in [5.74, 6) is -2.03. The average molecular weight is 383 g/mol. The molecule has 0 bridgehead atoms. The molecule has 0 aliphatic carbocycles. The zero-order valence-electron chi connectivity index (χ0n) is 15.1. The molecule has 1 aliphatic heterocycles. The monoisotopic (exact) mass is 383 g/mol. The van der Waals surface area contributed by atoms with Crippen LogP contribution in [-0.2, 0) is 4.74 Å². The van der Waals surface area contributed by atoms with Crippen LogP contribution in [0.2, 0.25) is 0 Å². The zero-order valence-corrected chi connectivity index (χ0v) is 15.1. The molecule has 0 fully saturated rings. The van der Waals surface area contributed by atoms with E-state index in [1.165, 1.54) is 19.2 Å². The highest BCUT2D eigenvalue weighted by atomic mass is 19.2. The summed E-state index contributed by atoms with van der Waals surface area (Å²) in [5, 5.41) is 3.93. The molecule has 4 rings (SSSR count). The molecule has 0 saturated heterocycles. The maximum Gasteiger partial charge on any atom is 0.276 e. The molecule has 1 unspecified atom stereocenters. The number of nitrogens with zero attached hydrogens (tertiary/aromatic N) is 5. The Morgan fingerprint density at radius 1 is 1.18 bits per heavy atom. The molecular formula is C19H15F2N5O2. The Labute approximate surface area is 158 Å². The van der Waals surface area contributed by atoms with Crippen LogP contribution < -0.4 is 0 Å². The van der Waals surface area contributed by atoms with E-state index >= 15 is 0 Å². The van der Waals surface area contributed by atoms with Gasteiger partial charge in [-0.2, -0.15) is 4.98 Å². The van der Waals surface area contributed by atoms with Gasteiger partial charge in [-0.15, -0.1) is 0 Å². The van der Waals surface area contributed by atoms with Gasteiger partial charge >= 0.3 is 0 Å². The van der Waals surface area contributed by atoms with Gasteiger partial charge in [-0.3, -0.25) is 4.99 Å². The second kappa shape index (κ2) is 7.01. The van der Waals surface area contributed by atoms with Gasteiger partial charge in [0.25, 0.3) is 5.89 Å². The minimum Gasteiger partial charge on any atom is -0.345 e. The topological polar surface area (TPSA) is 86.3 Å². The second-order valence-corrected chi connectivity index (χ2v) is 6.27. The first-order valence-corrected chi connectivity index (χ1v) is 8.38. The molecule has 0 saturated carbocycles. The molecule has 3 aromatic heterocycles. The Hall–Kier alpha value is -3.33. The molecule has 142 valence electrons. The van der Waals surface area contributed by atoms with Crippen molar-refractivity contribution in [1.82, 2.24) is 20.1 Å². The highest BCUT2D eigenvalue weighted by Gasteiger charge is 2.31. The molecular weight excluding hydrogens is 368 g/mol. The van der Waals surface area contributed by atoms with Crippen molar-refractivity contribution in [2.24, 2.45) is 4.99 Å². The lowest BCUT2D eigenvalue weighted by atomic mass is 9.97. The minimum absolute atomic E-state index is 0.0207. The number of ether oxygens (including phenoxy) is 1. The Kier molecular flexibility index (Phi) is 4.52. The van der Waals surface area contributed by atoms with Gasteiger partial charge in [-0.1, -0.05) is 5.16 Å². The third-order valence-electron chi connectivity index (χ3n) is 4.19. The predicted octanol–water partition coefficient (Wildman–Crippen LogP) is 3.77. The summed E-state index contributed by atoms with van der Waals surface area (Å²) >= 11 is 0. The zero-order chi connectivity index (χ0) is 19.7. The van der Waals surface area contributed by atoms with Crippen LogP contribution in [0.5, 0.6) is 0 Å². The van der Waals surface area contributed by atoms with E-state index in [1.807, 2.05) is 6.07 Å². The molecule has 28 heavy (non-hydrogen) atoms. The van der Waals surface area contributed by atoms with Gasteiger partial charge in [-0.05, 0) is 42.3 Å². The van der Waals surface area contributed by atoms with Crippen molar-refractivity contribution in [2.75, 3.05) is 7.11 Å². The predicted molar refractivity (Wildman–Crippen MR) is 97.4 cm³/mol. The third kappa shape index (κ3) is 3.56. The van der Waals surface area contributed by atoms with Crippen molar-refractivity contribution in [1.29, 1.82) is 0 Å². The van der Waals surface area contributed by atoms with E-state index in [-0.39, 0.29) is 18.1 Å². The van der Waals surface area contributed by atoms with Crippen LogP contribution in [-0.4, -0.2) is 39.3 Å². The summed E-state index contributed by atoms with van der Waals surface area (Å²) < 4.78 is 37.6. The van der Waals surface area contributed by atoms with E-state index in [0.29, 0.717) is 22.7 Å². The second-order valence-electron chi connectivity index (χ2n) is 6.27. The van der Waals surface area contributed by atoms with Crippen LogP contribution in [0.4, 0.5) is 8.78 Å². The van der Waals surface area contributed by atoms with E-state index in [4.69, 9.17) is 9.26 Å². The van der Waals surface area contributed by atoms with Gasteiger partial charge in [0, 0.05) is 25.4 Å². The normalized spacial score (nSPS) is 18.9. The quantitative estimate of drug-likeness (QED) is 0.682. The van der Waals surface area contributed by atoms with Crippen LogP contribution in [0, 0.1) is 12.7 Å². The van der Waals surface area contributed by atoms with Crippen molar-refractivity contribution < 1.29 is 18.0 Å². The Balaban J connectivity index is 1.68. The summed E-state index contributed by atoms with van der Waals surface area (Å²) in [5.41, 5.74) is 2.87. The molecule has 0 radical (unpaired) electrons. The number of hydrogen-bond acceptors (Lipinski definition) is 7. The smallest absolute Gasteiger partial charge is 0.276 e. The lowest BCUT2D eigenvalue weighted by Gasteiger charge is -2.23. The molecule has 7 nitrogen and oxygen atoms in total. The number of halogens is 2. The van der Waals surface area contributed by atoms with Crippen LogP contribution >= 0.6 is 0 Å². The Bertz CT molecular complexity index is 1080. The summed E-state index contributed by atoms with van der Waals surface area (Å²) in [6.07, 6.45) is 3.80. The van der Waals surface area contributed by atoms with Crippen LogP contribution in [0.1, 0.15) is 17.7 Å². The molecule has 0 spiro atoms. The first-order chi connectivity index (χ1) is 13.5. The fraction of sp³-hybridized carbons (Fsp3) is 0.211. The molecule has 1 aliphatic rings. The maximum atomic E-state index is 14.5. The third-order valence-corrected chi connectivity index (χ3v) is 4.19. The largest absolute Gasteiger partial charge is 0.345 e. The van der Waals surface area contributed by atoms with Crippen molar-refractivity contribution in [3.63, 3.8) is 0 Å². The number of rotatable bonds is 4. The molecule has 3 aromatic rings. The average Bonchev–Trinajstić information content (AvgIpc) is 3.18. The molecule has 0 aromatic carbocycles. The highest BCUT2D eigenvalue weighted by Crippen LogP contribution is 2.32. The highest BCUT2D eigenvalue weighted by molar-refractivity contribution is 5.80. The van der Waals surface area contributed by atoms with Gasteiger partial charge in [-0.25, -0.2) is 18.7 Å². The fourth-order valence-electron chi connectivity index (χ4n) is 2.79. The molecule has 9 heteroatoms. The fourth-order valence-corrected chi connectivity index (χ4v) is 2.79. The minimum atomic E-state index is -1.95. The number of aliphatic imine (C=N–C) groups is 1. The van der Waals surface area contributed by atoms with Crippen LogP contribution in [0.25, 0.3) is 28.7 Å². The SMILES string of the molecule is COC1(F)C=NC=C(c2cc(C)nc(-c3noc(-c4ccc(F)cn4)n3)c2)C1. The number of aryl methyl sites for hydroxylation is 1. The Morgan fingerprint density at radius 3 is 2.79 bits per heavy atom. The number of hydrogen-bond donors (Lipinski definition) is 0. The summed E-state index contributed by atoms with van der Waals surface area (Å²) in [7, 11) is 1.29. The lowest BCUT2D eigenvalue weighted by molar-refractivity contribution is -0.0523. The van der Waals surface area contributed by atoms with Crippen molar-refractivity contribution >= 4 is 11.8 Å². The van der Waals surface area contributed by atoms with Crippen molar-refractivity contribution in [3.05, 3.63) is 53.7 Å². The van der Waals surface area contributed by atoms with E-state index in [9.17, 15) is 8.78 Å². The van der Waals surface area contributed by atoms with E-state index in [2.05, 4.69) is 25.1 Å². The number of aromatic nitrogens is 4.